The van der Waals surface area contributed by atoms with E-state index in [1.165, 1.54) is 16.7 Å². The summed E-state index contributed by atoms with van der Waals surface area (Å²) in [6.45, 7) is 1.51. The number of hydrogen-bond donors (Lipinski definition) is 2. The molecule has 0 radical (unpaired) electrons. The first-order chi connectivity index (χ1) is 10.3. The number of rotatable bonds is 3. The minimum absolute atomic E-state index is 0.125. The van der Waals surface area contributed by atoms with E-state index in [1.54, 1.807) is 0 Å². The Bertz CT molecular complexity index is 627. The van der Waals surface area contributed by atoms with Crippen LogP contribution in [0.2, 0.25) is 0 Å². The van der Waals surface area contributed by atoms with Crippen molar-refractivity contribution in [1.29, 1.82) is 0 Å². The molecule has 3 N–H and O–H groups in total. The van der Waals surface area contributed by atoms with E-state index in [1.807, 2.05) is 30.3 Å². The molecule has 4 heteroatoms. The van der Waals surface area contributed by atoms with Gasteiger partial charge in [-0.15, -0.1) is 0 Å². The number of amides is 1. The van der Waals surface area contributed by atoms with Crippen LogP contribution in [0.25, 0.3) is 0 Å². The highest BCUT2D eigenvalue weighted by Crippen LogP contribution is 2.25. The fourth-order valence-corrected chi connectivity index (χ4v) is 2.92. The van der Waals surface area contributed by atoms with Crippen LogP contribution in [-0.2, 0) is 24.3 Å². The van der Waals surface area contributed by atoms with E-state index in [2.05, 4.69) is 34.6 Å². The zero-order valence-corrected chi connectivity index (χ0v) is 11.8. The fraction of sp³-hybridized carbons (Fsp3) is 0.235. The Morgan fingerprint density at radius 2 is 1.76 bits per heavy atom. The Morgan fingerprint density at radius 1 is 1.10 bits per heavy atom. The van der Waals surface area contributed by atoms with Gasteiger partial charge in [0.2, 0.25) is 0 Å². The van der Waals surface area contributed by atoms with Crippen LogP contribution in [0.3, 0.4) is 0 Å². The van der Waals surface area contributed by atoms with Crippen LogP contribution in [0.5, 0.6) is 0 Å². The van der Waals surface area contributed by atoms with Crippen molar-refractivity contribution in [3.63, 3.8) is 0 Å². The number of benzene rings is 2. The molecule has 1 atom stereocenters. The van der Waals surface area contributed by atoms with Gasteiger partial charge in [0.25, 0.3) is 5.91 Å². The van der Waals surface area contributed by atoms with Crippen molar-refractivity contribution >= 4 is 5.91 Å². The topological polar surface area (TPSA) is 58.4 Å². The van der Waals surface area contributed by atoms with E-state index in [-0.39, 0.29) is 11.9 Å². The number of fused-ring (bicyclic) bond motifs is 1. The number of hydrogen-bond acceptors (Lipinski definition) is 3. The quantitative estimate of drug-likeness (QED) is 0.510. The first kappa shape index (κ1) is 13.8. The lowest BCUT2D eigenvalue weighted by Gasteiger charge is -2.35. The van der Waals surface area contributed by atoms with E-state index in [0.717, 1.165) is 13.1 Å². The van der Waals surface area contributed by atoms with Crippen LogP contribution in [0.4, 0.5) is 0 Å². The molecule has 3 rings (SSSR count). The number of nitrogens with one attached hydrogen (secondary N) is 1. The molecule has 1 aliphatic heterocycles. The van der Waals surface area contributed by atoms with Gasteiger partial charge in [-0.2, -0.15) is 0 Å². The van der Waals surface area contributed by atoms with Crippen LogP contribution in [0, 0.1) is 0 Å². The monoisotopic (exact) mass is 281 g/mol. The molecule has 1 heterocycles. The minimum Gasteiger partial charge on any atom is -0.293 e. The lowest BCUT2D eigenvalue weighted by atomic mass is 9.93. The molecule has 0 saturated heterocycles. The van der Waals surface area contributed by atoms with Crippen molar-refractivity contribution in [3.05, 3.63) is 71.3 Å². The van der Waals surface area contributed by atoms with Gasteiger partial charge in [0.15, 0.2) is 0 Å². The maximum Gasteiger partial charge on any atom is 0.251 e. The molecule has 2 aromatic carbocycles. The van der Waals surface area contributed by atoms with Gasteiger partial charge in [-0.25, -0.2) is 5.84 Å². The predicted octanol–water partition coefficient (Wildman–Crippen LogP) is 1.60. The minimum atomic E-state index is -0.217. The summed E-state index contributed by atoms with van der Waals surface area (Å²) < 4.78 is 0. The van der Waals surface area contributed by atoms with Crippen molar-refractivity contribution < 1.29 is 4.79 Å². The van der Waals surface area contributed by atoms with E-state index in [0.29, 0.717) is 6.42 Å². The molecule has 21 heavy (non-hydrogen) atoms. The highest BCUT2D eigenvalue weighted by Gasteiger charge is 2.30. The smallest absolute Gasteiger partial charge is 0.251 e. The van der Waals surface area contributed by atoms with Crippen molar-refractivity contribution in [2.24, 2.45) is 5.84 Å². The third-order valence-electron chi connectivity index (χ3n) is 4.02. The first-order valence-electron chi connectivity index (χ1n) is 7.13. The number of nitrogens with zero attached hydrogens (tertiary/aromatic N) is 1. The summed E-state index contributed by atoms with van der Waals surface area (Å²) >= 11 is 0. The maximum atomic E-state index is 12.1. The second-order valence-corrected chi connectivity index (χ2v) is 5.39. The lowest BCUT2D eigenvalue weighted by Crippen LogP contribution is -2.51. The summed E-state index contributed by atoms with van der Waals surface area (Å²) in [6, 6.07) is 18.3. The lowest BCUT2D eigenvalue weighted by molar-refractivity contribution is -0.127. The molecular weight excluding hydrogens is 262 g/mol. The van der Waals surface area contributed by atoms with Gasteiger partial charge in [-0.3, -0.25) is 15.1 Å². The van der Waals surface area contributed by atoms with Crippen LogP contribution in [0.15, 0.2) is 54.6 Å². The average molecular weight is 281 g/mol. The molecule has 0 fully saturated rings. The summed E-state index contributed by atoms with van der Waals surface area (Å²) in [5.74, 6) is 5.23. The van der Waals surface area contributed by atoms with Crippen LogP contribution in [-0.4, -0.2) is 16.8 Å². The number of nitrogens with two attached hydrogens (primary N) is 1. The largest absolute Gasteiger partial charge is 0.293 e. The zero-order chi connectivity index (χ0) is 14.7. The maximum absolute atomic E-state index is 12.1. The molecule has 2 aromatic rings. The van der Waals surface area contributed by atoms with Gasteiger partial charge >= 0.3 is 0 Å². The number of carbonyl (C=O) groups excluding carboxylic acids is 1. The van der Waals surface area contributed by atoms with E-state index >= 15 is 0 Å². The van der Waals surface area contributed by atoms with Gasteiger partial charge in [-0.05, 0) is 23.1 Å². The molecule has 4 nitrogen and oxygen atoms in total. The molecule has 0 spiro atoms. The number of carbonyl (C=O) groups is 1. The first-order valence-corrected chi connectivity index (χ1v) is 7.13. The standard InChI is InChI=1S/C17H19N3O/c18-19-17(21)16-10-14-8-4-5-9-15(14)12-20(16)11-13-6-2-1-3-7-13/h1-9,16H,10-12,18H2,(H,19,21)/t16-/m0/s1. The SMILES string of the molecule is NNC(=O)[C@@H]1Cc2ccccc2CN1Cc1ccccc1. The molecule has 1 aliphatic rings. The van der Waals surface area contributed by atoms with E-state index < -0.39 is 0 Å². The van der Waals surface area contributed by atoms with Crippen molar-refractivity contribution in [3.8, 4) is 0 Å². The third kappa shape index (κ3) is 2.96. The van der Waals surface area contributed by atoms with Crippen molar-refractivity contribution in [2.45, 2.75) is 25.6 Å². The highest BCUT2D eigenvalue weighted by atomic mass is 16.2. The Kier molecular flexibility index (Phi) is 3.99. The van der Waals surface area contributed by atoms with Gasteiger partial charge in [0.1, 0.15) is 0 Å². The Hall–Kier alpha value is -2.17. The summed E-state index contributed by atoms with van der Waals surface area (Å²) in [6.07, 6.45) is 0.700. The normalized spacial score (nSPS) is 18.0. The Balaban J connectivity index is 1.87. The van der Waals surface area contributed by atoms with Crippen LogP contribution < -0.4 is 11.3 Å². The molecular formula is C17H19N3O. The molecule has 0 aromatic heterocycles. The van der Waals surface area contributed by atoms with E-state index in [9.17, 15) is 4.79 Å². The van der Waals surface area contributed by atoms with Gasteiger partial charge in [-0.1, -0.05) is 54.6 Å². The second-order valence-electron chi connectivity index (χ2n) is 5.39. The van der Waals surface area contributed by atoms with Gasteiger partial charge in [0, 0.05) is 13.1 Å². The number of hydrazine groups is 1. The second kappa shape index (κ2) is 6.08. The van der Waals surface area contributed by atoms with Crippen molar-refractivity contribution in [1.82, 2.24) is 10.3 Å². The van der Waals surface area contributed by atoms with Crippen LogP contribution >= 0.6 is 0 Å². The zero-order valence-electron chi connectivity index (χ0n) is 11.8. The summed E-state index contributed by atoms with van der Waals surface area (Å²) in [5.41, 5.74) is 6.02. The summed E-state index contributed by atoms with van der Waals surface area (Å²) in [7, 11) is 0. The Morgan fingerprint density at radius 3 is 2.48 bits per heavy atom. The molecule has 1 amide bonds. The predicted molar refractivity (Wildman–Crippen MR) is 82.0 cm³/mol. The van der Waals surface area contributed by atoms with Crippen molar-refractivity contribution in [2.75, 3.05) is 0 Å². The van der Waals surface area contributed by atoms with Crippen LogP contribution in [0.1, 0.15) is 16.7 Å². The van der Waals surface area contributed by atoms with Gasteiger partial charge < -0.3 is 0 Å². The van der Waals surface area contributed by atoms with Gasteiger partial charge in [0.05, 0.1) is 6.04 Å². The molecule has 108 valence electrons. The van der Waals surface area contributed by atoms with E-state index in [4.69, 9.17) is 5.84 Å². The molecule has 0 bridgehead atoms. The highest BCUT2D eigenvalue weighted by molar-refractivity contribution is 5.81. The Labute approximate surface area is 124 Å². The summed E-state index contributed by atoms with van der Waals surface area (Å²) in [4.78, 5) is 14.3. The fourth-order valence-electron chi connectivity index (χ4n) is 2.92. The molecule has 0 aliphatic carbocycles. The molecule has 0 saturated carbocycles. The average Bonchev–Trinajstić information content (AvgIpc) is 2.54. The molecule has 0 unspecified atom stereocenters. The third-order valence-corrected chi connectivity index (χ3v) is 4.02. The summed E-state index contributed by atoms with van der Waals surface area (Å²) in [5, 5.41) is 0.